The van der Waals surface area contributed by atoms with Gasteiger partial charge < -0.3 is 10.2 Å². The molecular formula is C16H29N3O. The van der Waals surface area contributed by atoms with E-state index in [1.807, 2.05) is 0 Å². The predicted octanol–water partition coefficient (Wildman–Crippen LogP) is 1.61. The smallest absolute Gasteiger partial charge is 0.236 e. The quantitative estimate of drug-likeness (QED) is 0.830. The Hall–Kier alpha value is -0.610. The molecule has 4 nitrogen and oxygen atoms in total. The molecule has 0 aromatic rings. The summed E-state index contributed by atoms with van der Waals surface area (Å²) in [6.07, 6.45) is 10.2. The molecule has 0 spiro atoms. The van der Waals surface area contributed by atoms with Crippen molar-refractivity contribution in [1.82, 2.24) is 15.1 Å². The van der Waals surface area contributed by atoms with Crippen LogP contribution in [0.25, 0.3) is 0 Å². The lowest BCUT2D eigenvalue weighted by molar-refractivity contribution is -0.134. The van der Waals surface area contributed by atoms with Crippen molar-refractivity contribution in [1.29, 1.82) is 0 Å². The van der Waals surface area contributed by atoms with Gasteiger partial charge in [0.25, 0.3) is 0 Å². The Labute approximate surface area is 122 Å². The number of carbonyl (C=O) groups is 1. The van der Waals surface area contributed by atoms with Crippen LogP contribution in [0.15, 0.2) is 0 Å². The Morgan fingerprint density at radius 2 is 1.70 bits per heavy atom. The molecule has 4 heteroatoms. The van der Waals surface area contributed by atoms with E-state index in [1.54, 1.807) is 0 Å². The maximum Gasteiger partial charge on any atom is 0.236 e. The van der Waals surface area contributed by atoms with Crippen molar-refractivity contribution in [3.8, 4) is 0 Å². The van der Waals surface area contributed by atoms with Gasteiger partial charge in [0.1, 0.15) is 0 Å². The number of carbonyl (C=O) groups excluding carboxylic acids is 1. The molecule has 3 fully saturated rings. The number of piperidine rings is 2. The average molecular weight is 279 g/mol. The first kappa shape index (κ1) is 14.3. The molecule has 2 heterocycles. The van der Waals surface area contributed by atoms with E-state index in [4.69, 9.17) is 0 Å². The van der Waals surface area contributed by atoms with Crippen molar-refractivity contribution in [2.24, 2.45) is 0 Å². The number of nitrogens with one attached hydrogen (secondary N) is 1. The minimum Gasteiger partial charge on any atom is -0.342 e. The number of amides is 1. The summed E-state index contributed by atoms with van der Waals surface area (Å²) in [5, 5.41) is 3.64. The summed E-state index contributed by atoms with van der Waals surface area (Å²) in [6, 6.07) is 1.36. The highest BCUT2D eigenvalue weighted by Gasteiger charge is 2.28. The summed E-state index contributed by atoms with van der Waals surface area (Å²) < 4.78 is 0. The van der Waals surface area contributed by atoms with Crippen LogP contribution in [0.3, 0.4) is 0 Å². The van der Waals surface area contributed by atoms with Crippen molar-refractivity contribution >= 4 is 5.91 Å². The van der Waals surface area contributed by atoms with Gasteiger partial charge in [-0.2, -0.15) is 0 Å². The number of nitrogens with zero attached hydrogens (tertiary/aromatic N) is 2. The van der Waals surface area contributed by atoms with E-state index in [1.165, 1.54) is 51.4 Å². The standard InChI is InChI=1S/C16H29N3O/c20-16(18-9-3-1-4-10-18)13-19-11-5-2-6-15(19)12-17-14-7-8-14/h14-15,17H,1-13H2. The van der Waals surface area contributed by atoms with Crippen molar-refractivity contribution in [2.45, 2.75) is 63.5 Å². The number of likely N-dealkylation sites (tertiary alicyclic amines) is 2. The van der Waals surface area contributed by atoms with Crippen LogP contribution in [0.5, 0.6) is 0 Å². The molecule has 20 heavy (non-hydrogen) atoms. The molecule has 2 aliphatic heterocycles. The van der Waals surface area contributed by atoms with E-state index in [2.05, 4.69) is 15.1 Å². The van der Waals surface area contributed by atoms with Gasteiger partial charge in [0.15, 0.2) is 0 Å². The molecule has 1 atom stereocenters. The minimum atomic E-state index is 0.364. The van der Waals surface area contributed by atoms with Gasteiger partial charge in [-0.25, -0.2) is 0 Å². The van der Waals surface area contributed by atoms with Crippen molar-refractivity contribution in [3.63, 3.8) is 0 Å². The van der Waals surface area contributed by atoms with Crippen molar-refractivity contribution in [2.75, 3.05) is 32.7 Å². The molecule has 1 amide bonds. The summed E-state index contributed by atoms with van der Waals surface area (Å²) in [7, 11) is 0. The molecule has 0 aromatic carbocycles. The Kier molecular flexibility index (Phi) is 4.94. The van der Waals surface area contributed by atoms with Crippen LogP contribution in [0.2, 0.25) is 0 Å². The highest BCUT2D eigenvalue weighted by Crippen LogP contribution is 2.21. The molecule has 0 aromatic heterocycles. The average Bonchev–Trinajstić information content (AvgIpc) is 3.31. The number of hydrogen-bond acceptors (Lipinski definition) is 3. The topological polar surface area (TPSA) is 35.6 Å². The van der Waals surface area contributed by atoms with E-state index in [0.29, 0.717) is 18.5 Å². The highest BCUT2D eigenvalue weighted by molar-refractivity contribution is 5.78. The Morgan fingerprint density at radius 3 is 2.45 bits per heavy atom. The molecule has 1 N–H and O–H groups in total. The highest BCUT2D eigenvalue weighted by atomic mass is 16.2. The molecule has 114 valence electrons. The maximum absolute atomic E-state index is 12.4. The van der Waals surface area contributed by atoms with Gasteiger partial charge in [-0.05, 0) is 51.5 Å². The van der Waals surface area contributed by atoms with E-state index < -0.39 is 0 Å². The van der Waals surface area contributed by atoms with Crippen LogP contribution in [0.1, 0.15) is 51.4 Å². The molecule has 3 aliphatic rings. The van der Waals surface area contributed by atoms with Crippen molar-refractivity contribution in [3.05, 3.63) is 0 Å². The van der Waals surface area contributed by atoms with E-state index in [0.717, 1.165) is 32.2 Å². The van der Waals surface area contributed by atoms with Crippen LogP contribution >= 0.6 is 0 Å². The molecule has 0 radical (unpaired) electrons. The molecule has 2 saturated heterocycles. The first-order chi connectivity index (χ1) is 9.83. The second kappa shape index (κ2) is 6.90. The lowest BCUT2D eigenvalue weighted by Crippen LogP contribution is -2.51. The summed E-state index contributed by atoms with van der Waals surface area (Å²) in [5.41, 5.74) is 0. The Balaban J connectivity index is 1.48. The predicted molar refractivity (Wildman–Crippen MR) is 80.7 cm³/mol. The van der Waals surface area contributed by atoms with Gasteiger partial charge in [0.2, 0.25) is 5.91 Å². The third-order valence-corrected chi connectivity index (χ3v) is 5.02. The fraction of sp³-hybridized carbons (Fsp3) is 0.938. The molecule has 1 aliphatic carbocycles. The third-order valence-electron chi connectivity index (χ3n) is 5.02. The zero-order valence-corrected chi connectivity index (χ0v) is 12.6. The molecule has 0 bridgehead atoms. The van der Waals surface area contributed by atoms with Gasteiger partial charge in [-0.15, -0.1) is 0 Å². The van der Waals surface area contributed by atoms with Gasteiger partial charge in [-0.1, -0.05) is 6.42 Å². The normalized spacial score (nSPS) is 28.6. The van der Waals surface area contributed by atoms with Gasteiger partial charge in [0, 0.05) is 31.7 Å². The maximum atomic E-state index is 12.4. The lowest BCUT2D eigenvalue weighted by Gasteiger charge is -2.37. The van der Waals surface area contributed by atoms with E-state index in [-0.39, 0.29) is 0 Å². The van der Waals surface area contributed by atoms with Crippen molar-refractivity contribution < 1.29 is 4.79 Å². The van der Waals surface area contributed by atoms with Gasteiger partial charge in [0.05, 0.1) is 6.54 Å². The van der Waals surface area contributed by atoms with E-state index >= 15 is 0 Å². The second-order valence-corrected chi connectivity index (χ2v) is 6.74. The Bertz CT molecular complexity index is 324. The number of hydrogen-bond donors (Lipinski definition) is 1. The first-order valence-corrected chi connectivity index (χ1v) is 8.58. The monoisotopic (exact) mass is 279 g/mol. The fourth-order valence-electron chi connectivity index (χ4n) is 3.51. The minimum absolute atomic E-state index is 0.364. The van der Waals surface area contributed by atoms with Gasteiger partial charge >= 0.3 is 0 Å². The molecular weight excluding hydrogens is 250 g/mol. The SMILES string of the molecule is O=C(CN1CCCCC1CNC1CC1)N1CCCCC1. The molecule has 1 unspecified atom stereocenters. The third kappa shape index (κ3) is 3.95. The summed E-state index contributed by atoms with van der Waals surface area (Å²) >= 11 is 0. The molecule has 1 saturated carbocycles. The van der Waals surface area contributed by atoms with Crippen LogP contribution in [-0.4, -0.2) is 60.5 Å². The van der Waals surface area contributed by atoms with Crippen LogP contribution in [0, 0.1) is 0 Å². The van der Waals surface area contributed by atoms with Crippen LogP contribution < -0.4 is 5.32 Å². The Morgan fingerprint density at radius 1 is 0.950 bits per heavy atom. The van der Waals surface area contributed by atoms with E-state index in [9.17, 15) is 4.79 Å². The molecule has 3 rings (SSSR count). The zero-order valence-electron chi connectivity index (χ0n) is 12.6. The zero-order chi connectivity index (χ0) is 13.8. The first-order valence-electron chi connectivity index (χ1n) is 8.58. The van der Waals surface area contributed by atoms with Crippen LogP contribution in [-0.2, 0) is 4.79 Å². The largest absolute Gasteiger partial charge is 0.342 e. The van der Waals surface area contributed by atoms with Gasteiger partial charge in [-0.3, -0.25) is 9.69 Å². The lowest BCUT2D eigenvalue weighted by atomic mass is 10.0. The second-order valence-electron chi connectivity index (χ2n) is 6.74. The summed E-state index contributed by atoms with van der Waals surface area (Å²) in [6.45, 7) is 4.81. The van der Waals surface area contributed by atoms with Crippen LogP contribution in [0.4, 0.5) is 0 Å². The summed E-state index contributed by atoms with van der Waals surface area (Å²) in [4.78, 5) is 17.0. The summed E-state index contributed by atoms with van der Waals surface area (Å²) in [5.74, 6) is 0.364. The number of rotatable bonds is 5. The fourth-order valence-corrected chi connectivity index (χ4v) is 3.51.